The van der Waals surface area contributed by atoms with E-state index in [1.807, 2.05) is 43.3 Å². The lowest BCUT2D eigenvalue weighted by Crippen LogP contribution is -2.19. The van der Waals surface area contributed by atoms with Gasteiger partial charge in [0.25, 0.3) is 5.91 Å². The molecule has 5 nitrogen and oxygen atoms in total. The van der Waals surface area contributed by atoms with Crippen molar-refractivity contribution in [3.8, 4) is 11.5 Å². The van der Waals surface area contributed by atoms with Gasteiger partial charge < -0.3 is 14.8 Å². The summed E-state index contributed by atoms with van der Waals surface area (Å²) >= 11 is 4.77. The lowest BCUT2D eigenvalue weighted by atomic mass is 10.1. The van der Waals surface area contributed by atoms with Gasteiger partial charge in [-0.2, -0.15) is 0 Å². The largest absolute Gasteiger partial charge is 0.493 e. The first kappa shape index (κ1) is 23.1. The molecule has 0 aliphatic carbocycles. The molecule has 0 saturated carbocycles. The number of carbonyl (C=O) groups is 1. The fourth-order valence-electron chi connectivity index (χ4n) is 3.07. The summed E-state index contributed by atoms with van der Waals surface area (Å²) in [5, 5.41) is 3.16. The Hall–Kier alpha value is -3.10. The van der Waals surface area contributed by atoms with Crippen molar-refractivity contribution in [1.29, 1.82) is 0 Å². The first-order valence-corrected chi connectivity index (χ1v) is 11.6. The van der Waals surface area contributed by atoms with E-state index in [0.29, 0.717) is 38.3 Å². The van der Waals surface area contributed by atoms with E-state index in [1.165, 1.54) is 29.5 Å². The SMILES string of the molecule is COc1cc(/C=C2/SC(=Nc3ccc(F)cc3)NC2=O)cc(Br)c1OCc1ccc(C)cc1. The quantitative estimate of drug-likeness (QED) is 0.378. The molecule has 8 heteroatoms. The smallest absolute Gasteiger partial charge is 0.264 e. The Kier molecular flexibility index (Phi) is 7.15. The third-order valence-electron chi connectivity index (χ3n) is 4.76. The second-order valence-corrected chi connectivity index (χ2v) is 9.15. The van der Waals surface area contributed by atoms with E-state index in [4.69, 9.17) is 9.47 Å². The highest BCUT2D eigenvalue weighted by atomic mass is 79.9. The molecule has 168 valence electrons. The molecule has 0 bridgehead atoms. The van der Waals surface area contributed by atoms with Crippen LogP contribution in [0.3, 0.4) is 0 Å². The standard InChI is InChI=1S/C25H20BrFN2O3S/c1-15-3-5-16(6-4-15)14-32-23-20(26)11-17(12-21(23)31-2)13-22-24(30)29-25(33-22)28-19-9-7-18(27)8-10-19/h3-13H,14H2,1-2H3,(H,28,29,30)/b22-13+. The van der Waals surface area contributed by atoms with E-state index >= 15 is 0 Å². The highest BCUT2D eigenvalue weighted by Gasteiger charge is 2.24. The normalized spacial score (nSPS) is 15.7. The zero-order valence-corrected chi connectivity index (χ0v) is 20.3. The van der Waals surface area contributed by atoms with Gasteiger partial charge in [-0.05, 0) is 88.2 Å². The molecule has 0 aromatic heterocycles. The van der Waals surface area contributed by atoms with Crippen LogP contribution in [0.15, 0.2) is 75.0 Å². The maximum Gasteiger partial charge on any atom is 0.264 e. The van der Waals surface area contributed by atoms with Crippen LogP contribution < -0.4 is 14.8 Å². The summed E-state index contributed by atoms with van der Waals surface area (Å²) in [6, 6.07) is 17.5. The van der Waals surface area contributed by atoms with Gasteiger partial charge in [0, 0.05) is 0 Å². The van der Waals surface area contributed by atoms with E-state index in [9.17, 15) is 9.18 Å². The van der Waals surface area contributed by atoms with Crippen LogP contribution in [-0.2, 0) is 11.4 Å². The Labute approximate surface area is 203 Å². The fourth-order valence-corrected chi connectivity index (χ4v) is 4.48. The number of thioether (sulfide) groups is 1. The van der Waals surface area contributed by atoms with Gasteiger partial charge in [-0.1, -0.05) is 29.8 Å². The Morgan fingerprint density at radius 2 is 1.85 bits per heavy atom. The monoisotopic (exact) mass is 526 g/mol. The highest BCUT2D eigenvalue weighted by molar-refractivity contribution is 9.10. The summed E-state index contributed by atoms with van der Waals surface area (Å²) in [5.74, 6) is 0.540. The van der Waals surface area contributed by atoms with Crippen molar-refractivity contribution < 1.29 is 18.7 Å². The van der Waals surface area contributed by atoms with Crippen LogP contribution in [0.5, 0.6) is 11.5 Å². The number of aliphatic imine (C=N–C) groups is 1. The molecule has 1 N–H and O–H groups in total. The number of carbonyl (C=O) groups excluding carboxylic acids is 1. The van der Waals surface area contributed by atoms with Crippen LogP contribution in [0.2, 0.25) is 0 Å². The van der Waals surface area contributed by atoms with E-state index in [0.717, 1.165) is 11.1 Å². The van der Waals surface area contributed by atoms with Gasteiger partial charge in [-0.15, -0.1) is 0 Å². The summed E-state index contributed by atoms with van der Waals surface area (Å²) in [6.07, 6.45) is 1.75. The number of ether oxygens (including phenoxy) is 2. The molecule has 3 aromatic carbocycles. The van der Waals surface area contributed by atoms with Crippen LogP contribution in [0.1, 0.15) is 16.7 Å². The molecule has 0 atom stereocenters. The number of amides is 1. The maximum absolute atomic E-state index is 13.1. The van der Waals surface area contributed by atoms with Crippen molar-refractivity contribution in [2.24, 2.45) is 4.99 Å². The van der Waals surface area contributed by atoms with Crippen LogP contribution in [0, 0.1) is 12.7 Å². The second kappa shape index (κ2) is 10.2. The number of hydrogen-bond acceptors (Lipinski definition) is 5. The molecule has 1 amide bonds. The highest BCUT2D eigenvalue weighted by Crippen LogP contribution is 2.38. The molecule has 1 fully saturated rings. The predicted octanol–water partition coefficient (Wildman–Crippen LogP) is 6.38. The van der Waals surface area contributed by atoms with Crippen molar-refractivity contribution in [2.75, 3.05) is 7.11 Å². The van der Waals surface area contributed by atoms with E-state index in [2.05, 4.69) is 26.2 Å². The fraction of sp³-hybridized carbons (Fsp3) is 0.120. The molecule has 1 aliphatic heterocycles. The van der Waals surface area contributed by atoms with E-state index in [-0.39, 0.29) is 11.7 Å². The minimum absolute atomic E-state index is 0.254. The number of benzene rings is 3. The van der Waals surface area contributed by atoms with Gasteiger partial charge in [0.05, 0.1) is 22.2 Å². The molecule has 1 saturated heterocycles. The van der Waals surface area contributed by atoms with Crippen LogP contribution >= 0.6 is 27.7 Å². The van der Waals surface area contributed by atoms with E-state index in [1.54, 1.807) is 25.3 Å². The Balaban J connectivity index is 1.52. The van der Waals surface area contributed by atoms with Gasteiger partial charge >= 0.3 is 0 Å². The zero-order valence-electron chi connectivity index (χ0n) is 17.9. The summed E-state index contributed by atoms with van der Waals surface area (Å²) in [7, 11) is 1.57. The lowest BCUT2D eigenvalue weighted by Gasteiger charge is -2.14. The van der Waals surface area contributed by atoms with Crippen LogP contribution in [0.25, 0.3) is 6.08 Å². The Morgan fingerprint density at radius 1 is 1.12 bits per heavy atom. The predicted molar refractivity (Wildman–Crippen MR) is 133 cm³/mol. The molecule has 4 rings (SSSR count). The average molecular weight is 527 g/mol. The topological polar surface area (TPSA) is 59.9 Å². The molecular formula is C25H20BrFN2O3S. The summed E-state index contributed by atoms with van der Waals surface area (Å²) < 4.78 is 25.3. The van der Waals surface area contributed by atoms with Crippen LogP contribution in [0.4, 0.5) is 10.1 Å². The number of hydrogen-bond donors (Lipinski definition) is 1. The summed E-state index contributed by atoms with van der Waals surface area (Å²) in [5.41, 5.74) is 3.56. The van der Waals surface area contributed by atoms with Gasteiger partial charge in [0.15, 0.2) is 16.7 Å². The van der Waals surface area contributed by atoms with Crippen molar-refractivity contribution >= 4 is 50.5 Å². The van der Waals surface area contributed by atoms with Gasteiger partial charge in [-0.3, -0.25) is 4.79 Å². The average Bonchev–Trinajstić information content (AvgIpc) is 3.13. The van der Waals surface area contributed by atoms with Crippen molar-refractivity contribution in [2.45, 2.75) is 13.5 Å². The number of nitrogens with one attached hydrogen (secondary N) is 1. The minimum atomic E-state index is -0.339. The van der Waals surface area contributed by atoms with Gasteiger partial charge in [0.1, 0.15) is 12.4 Å². The number of methoxy groups -OCH3 is 1. The first-order chi connectivity index (χ1) is 15.9. The molecule has 0 unspecified atom stereocenters. The minimum Gasteiger partial charge on any atom is -0.493 e. The molecule has 33 heavy (non-hydrogen) atoms. The lowest BCUT2D eigenvalue weighted by molar-refractivity contribution is -0.115. The zero-order chi connectivity index (χ0) is 23.4. The van der Waals surface area contributed by atoms with Crippen LogP contribution in [-0.4, -0.2) is 18.2 Å². The molecule has 0 radical (unpaired) electrons. The third-order valence-corrected chi connectivity index (χ3v) is 6.26. The first-order valence-electron chi connectivity index (χ1n) is 10.0. The van der Waals surface area contributed by atoms with Crippen molar-refractivity contribution in [3.05, 3.63) is 92.5 Å². The molecule has 1 aliphatic rings. The molecule has 3 aromatic rings. The number of rotatable bonds is 6. The summed E-state index contributed by atoms with van der Waals surface area (Å²) in [6.45, 7) is 2.44. The second-order valence-electron chi connectivity index (χ2n) is 7.27. The number of nitrogens with zero attached hydrogens (tertiary/aromatic N) is 1. The Morgan fingerprint density at radius 3 is 2.55 bits per heavy atom. The number of aryl methyl sites for hydroxylation is 1. The molecule has 0 spiro atoms. The summed E-state index contributed by atoms with van der Waals surface area (Å²) in [4.78, 5) is 17.3. The van der Waals surface area contributed by atoms with Crippen molar-refractivity contribution in [3.63, 3.8) is 0 Å². The van der Waals surface area contributed by atoms with Gasteiger partial charge in [0.2, 0.25) is 0 Å². The molecule has 1 heterocycles. The molecular weight excluding hydrogens is 507 g/mol. The number of halogens is 2. The van der Waals surface area contributed by atoms with Crippen molar-refractivity contribution in [1.82, 2.24) is 5.32 Å². The number of amidine groups is 1. The Bertz CT molecular complexity index is 1240. The third kappa shape index (κ3) is 5.83. The van der Waals surface area contributed by atoms with E-state index < -0.39 is 0 Å². The van der Waals surface area contributed by atoms with Gasteiger partial charge in [-0.25, -0.2) is 9.38 Å². The maximum atomic E-state index is 13.1.